The lowest BCUT2D eigenvalue weighted by molar-refractivity contribution is 0.573. The number of fused-ring (bicyclic) bond motifs is 6. The minimum atomic E-state index is 0.0412. The standard InChI is InChI=1S/C29H24O/c1-29(2,3)25-14-8-13-23-24-17-18(15-16-26(24)30-28(23)25)27-21-11-6-4-9-19(21)20-10-5-7-12-22(20)27/h4-17,27H,1-3H3. The van der Waals surface area contributed by atoms with E-state index in [1.165, 1.54) is 44.2 Å². The molecule has 0 saturated heterocycles. The van der Waals surface area contributed by atoms with Gasteiger partial charge in [-0.25, -0.2) is 0 Å². The molecule has 30 heavy (non-hydrogen) atoms. The lowest BCUT2D eigenvalue weighted by Gasteiger charge is -2.18. The highest BCUT2D eigenvalue weighted by Crippen LogP contribution is 2.48. The molecule has 1 heterocycles. The lowest BCUT2D eigenvalue weighted by Crippen LogP contribution is -2.10. The summed E-state index contributed by atoms with van der Waals surface area (Å²) in [5.74, 6) is 0.262. The molecule has 146 valence electrons. The molecule has 0 saturated carbocycles. The maximum absolute atomic E-state index is 6.37. The summed E-state index contributed by atoms with van der Waals surface area (Å²) in [6.07, 6.45) is 0. The summed E-state index contributed by atoms with van der Waals surface area (Å²) in [5.41, 5.74) is 10.1. The third-order valence-electron chi connectivity index (χ3n) is 6.50. The first-order valence-corrected chi connectivity index (χ1v) is 10.7. The van der Waals surface area contributed by atoms with E-state index in [2.05, 4.69) is 106 Å². The van der Waals surface area contributed by atoms with Crippen LogP contribution < -0.4 is 0 Å². The molecule has 0 unspecified atom stereocenters. The van der Waals surface area contributed by atoms with Gasteiger partial charge in [-0.15, -0.1) is 0 Å². The third kappa shape index (κ3) is 2.42. The summed E-state index contributed by atoms with van der Waals surface area (Å²) in [7, 11) is 0. The Balaban J connectivity index is 1.61. The van der Waals surface area contributed by atoms with Gasteiger partial charge in [0.25, 0.3) is 0 Å². The second-order valence-electron chi connectivity index (χ2n) is 9.40. The van der Waals surface area contributed by atoms with Crippen LogP contribution in [0.3, 0.4) is 0 Å². The first-order chi connectivity index (χ1) is 14.5. The number of furan rings is 1. The van der Waals surface area contributed by atoms with Gasteiger partial charge >= 0.3 is 0 Å². The van der Waals surface area contributed by atoms with Crippen molar-refractivity contribution < 1.29 is 4.42 Å². The van der Waals surface area contributed by atoms with Gasteiger partial charge in [-0.2, -0.15) is 0 Å². The van der Waals surface area contributed by atoms with Gasteiger partial charge in [0.05, 0.1) is 0 Å². The number of hydrogen-bond acceptors (Lipinski definition) is 1. The largest absolute Gasteiger partial charge is 0.456 e. The molecule has 6 rings (SSSR count). The zero-order valence-corrected chi connectivity index (χ0v) is 17.6. The summed E-state index contributed by atoms with van der Waals surface area (Å²) < 4.78 is 6.37. The molecule has 5 aromatic rings. The molecule has 1 heteroatoms. The van der Waals surface area contributed by atoms with Crippen molar-refractivity contribution in [2.75, 3.05) is 0 Å². The molecule has 4 aromatic carbocycles. The van der Waals surface area contributed by atoms with E-state index >= 15 is 0 Å². The molecule has 0 spiro atoms. The first-order valence-electron chi connectivity index (χ1n) is 10.7. The van der Waals surface area contributed by atoms with E-state index in [0.717, 1.165) is 11.2 Å². The Kier molecular flexibility index (Phi) is 3.56. The van der Waals surface area contributed by atoms with Gasteiger partial charge in [-0.1, -0.05) is 93.6 Å². The molecule has 0 fully saturated rings. The monoisotopic (exact) mass is 388 g/mol. The minimum absolute atomic E-state index is 0.0412. The second-order valence-corrected chi connectivity index (χ2v) is 9.40. The number of para-hydroxylation sites is 1. The van der Waals surface area contributed by atoms with E-state index in [1.807, 2.05) is 0 Å². The Labute approximate surface area is 177 Å². The Morgan fingerprint density at radius 1 is 0.667 bits per heavy atom. The molecule has 0 N–H and O–H groups in total. The molecule has 1 aromatic heterocycles. The zero-order chi connectivity index (χ0) is 20.5. The highest BCUT2D eigenvalue weighted by Gasteiger charge is 2.30. The predicted octanol–water partition coefficient (Wildman–Crippen LogP) is 8.04. The van der Waals surface area contributed by atoms with Crippen molar-refractivity contribution in [1.29, 1.82) is 0 Å². The summed E-state index contributed by atoms with van der Waals surface area (Å²) in [6, 6.07) is 30.9. The van der Waals surface area contributed by atoms with Crippen molar-refractivity contribution in [2.24, 2.45) is 0 Å². The normalized spacial score (nSPS) is 13.7. The average Bonchev–Trinajstić information content (AvgIpc) is 3.28. The van der Waals surface area contributed by atoms with Gasteiger partial charge in [-0.05, 0) is 45.4 Å². The summed E-state index contributed by atoms with van der Waals surface area (Å²) in [5, 5.41) is 2.41. The highest BCUT2D eigenvalue weighted by atomic mass is 16.3. The summed E-state index contributed by atoms with van der Waals surface area (Å²) in [6.45, 7) is 6.73. The molecule has 0 atom stereocenters. The summed E-state index contributed by atoms with van der Waals surface area (Å²) in [4.78, 5) is 0. The van der Waals surface area contributed by atoms with Crippen LogP contribution in [-0.2, 0) is 5.41 Å². The van der Waals surface area contributed by atoms with Crippen molar-refractivity contribution in [3.63, 3.8) is 0 Å². The van der Waals surface area contributed by atoms with E-state index in [4.69, 9.17) is 4.42 Å². The van der Waals surface area contributed by atoms with Gasteiger partial charge in [0.2, 0.25) is 0 Å². The number of benzene rings is 4. The third-order valence-corrected chi connectivity index (χ3v) is 6.50. The average molecular weight is 389 g/mol. The van der Waals surface area contributed by atoms with Gasteiger partial charge < -0.3 is 4.42 Å². The van der Waals surface area contributed by atoms with Crippen LogP contribution in [-0.4, -0.2) is 0 Å². The number of rotatable bonds is 1. The van der Waals surface area contributed by atoms with Crippen molar-refractivity contribution in [3.05, 3.63) is 107 Å². The Bertz CT molecular complexity index is 1380. The smallest absolute Gasteiger partial charge is 0.139 e. The maximum Gasteiger partial charge on any atom is 0.139 e. The fourth-order valence-electron chi connectivity index (χ4n) is 5.10. The van der Waals surface area contributed by atoms with Crippen LogP contribution in [0.15, 0.2) is 89.3 Å². The lowest BCUT2D eigenvalue weighted by atomic mass is 9.85. The first kappa shape index (κ1) is 17.5. The fraction of sp³-hybridized carbons (Fsp3) is 0.172. The van der Waals surface area contributed by atoms with Gasteiger partial charge in [0.15, 0.2) is 0 Å². The van der Waals surface area contributed by atoms with E-state index < -0.39 is 0 Å². The van der Waals surface area contributed by atoms with E-state index in [-0.39, 0.29) is 11.3 Å². The van der Waals surface area contributed by atoms with E-state index in [0.29, 0.717) is 0 Å². The van der Waals surface area contributed by atoms with Crippen molar-refractivity contribution >= 4 is 21.9 Å². The maximum atomic E-state index is 6.37. The predicted molar refractivity (Wildman–Crippen MR) is 125 cm³/mol. The summed E-state index contributed by atoms with van der Waals surface area (Å²) >= 11 is 0. The van der Waals surface area contributed by atoms with Crippen LogP contribution in [0.1, 0.15) is 48.9 Å². The fourth-order valence-corrected chi connectivity index (χ4v) is 5.10. The van der Waals surface area contributed by atoms with Gasteiger partial charge in [-0.3, -0.25) is 0 Å². The number of hydrogen-bond donors (Lipinski definition) is 0. The van der Waals surface area contributed by atoms with Crippen LogP contribution >= 0.6 is 0 Å². The van der Waals surface area contributed by atoms with Crippen molar-refractivity contribution in [1.82, 2.24) is 0 Å². The molecular formula is C29H24O. The van der Waals surface area contributed by atoms with Crippen molar-refractivity contribution in [2.45, 2.75) is 32.1 Å². The molecule has 0 amide bonds. The van der Waals surface area contributed by atoms with Crippen LogP contribution in [0, 0.1) is 0 Å². The molecule has 1 aliphatic carbocycles. The Morgan fingerprint density at radius 3 is 2.00 bits per heavy atom. The molecule has 0 aliphatic heterocycles. The molecular weight excluding hydrogens is 364 g/mol. The van der Waals surface area contributed by atoms with Gasteiger partial charge in [0.1, 0.15) is 11.2 Å². The quantitative estimate of drug-likeness (QED) is 0.278. The Morgan fingerprint density at radius 2 is 1.33 bits per heavy atom. The van der Waals surface area contributed by atoms with Crippen LogP contribution in [0.5, 0.6) is 0 Å². The van der Waals surface area contributed by atoms with Gasteiger partial charge in [0, 0.05) is 22.3 Å². The van der Waals surface area contributed by atoms with Crippen LogP contribution in [0.2, 0.25) is 0 Å². The topological polar surface area (TPSA) is 13.1 Å². The molecule has 1 nitrogen and oxygen atoms in total. The zero-order valence-electron chi connectivity index (χ0n) is 17.6. The molecule has 0 bridgehead atoms. The minimum Gasteiger partial charge on any atom is -0.456 e. The highest BCUT2D eigenvalue weighted by molar-refractivity contribution is 6.06. The van der Waals surface area contributed by atoms with Crippen molar-refractivity contribution in [3.8, 4) is 11.1 Å². The Hall–Kier alpha value is -3.32. The van der Waals surface area contributed by atoms with E-state index in [1.54, 1.807) is 0 Å². The second kappa shape index (κ2) is 6.09. The van der Waals surface area contributed by atoms with Crippen LogP contribution in [0.25, 0.3) is 33.1 Å². The molecule has 1 aliphatic rings. The SMILES string of the molecule is CC(C)(C)c1cccc2c1oc1ccc(C3c4ccccc4-c4ccccc43)cc12. The van der Waals surface area contributed by atoms with E-state index in [9.17, 15) is 0 Å². The molecule has 0 radical (unpaired) electrons. The van der Waals surface area contributed by atoms with Crippen LogP contribution in [0.4, 0.5) is 0 Å².